The lowest BCUT2D eigenvalue weighted by Crippen LogP contribution is -2.16. The normalized spacial score (nSPS) is 10.6. The van der Waals surface area contributed by atoms with Crippen LogP contribution in [0.4, 0.5) is 5.82 Å². The van der Waals surface area contributed by atoms with E-state index in [-0.39, 0.29) is 5.91 Å². The summed E-state index contributed by atoms with van der Waals surface area (Å²) in [6.07, 6.45) is 2.48. The molecule has 8 heteroatoms. The topological polar surface area (TPSA) is 65.4 Å². The first-order valence-electron chi connectivity index (χ1n) is 8.96. The zero-order valence-electron chi connectivity index (χ0n) is 16.1. The number of amides is 1. The zero-order chi connectivity index (χ0) is 20.8. The van der Waals surface area contributed by atoms with Gasteiger partial charge in [0.15, 0.2) is 0 Å². The molecule has 0 spiro atoms. The minimum Gasteiger partial charge on any atom is -0.497 e. The quantitative estimate of drug-likeness (QED) is 0.552. The Morgan fingerprint density at radius 1 is 1.10 bits per heavy atom. The van der Waals surface area contributed by atoms with E-state index in [2.05, 4.69) is 10.4 Å². The molecule has 6 nitrogen and oxygen atoms in total. The average Bonchev–Trinajstić information content (AvgIpc) is 3.16. The Kier molecular flexibility index (Phi) is 7.01. The molecule has 1 N–H and O–H groups in total. The van der Waals surface area contributed by atoms with E-state index in [1.807, 2.05) is 24.3 Å². The molecule has 1 heterocycles. The number of methoxy groups -OCH3 is 2. The number of nitrogens with zero attached hydrogens (tertiary/aromatic N) is 2. The van der Waals surface area contributed by atoms with Gasteiger partial charge in [0.1, 0.15) is 17.3 Å². The van der Waals surface area contributed by atoms with Gasteiger partial charge in [-0.05, 0) is 35.7 Å². The lowest BCUT2D eigenvalue weighted by Gasteiger charge is -2.11. The maximum atomic E-state index is 12.5. The van der Waals surface area contributed by atoms with Crippen LogP contribution in [0.15, 0.2) is 48.7 Å². The molecule has 0 radical (unpaired) electrons. The molecule has 0 saturated heterocycles. The number of hydrogen-bond donors (Lipinski definition) is 1. The number of halogens is 2. The van der Waals surface area contributed by atoms with Crippen molar-refractivity contribution >= 4 is 34.9 Å². The molecular weight excluding hydrogens is 413 g/mol. The highest BCUT2D eigenvalue weighted by Gasteiger charge is 2.11. The van der Waals surface area contributed by atoms with Crippen LogP contribution in [0.1, 0.15) is 17.5 Å². The third-order valence-electron chi connectivity index (χ3n) is 4.39. The van der Waals surface area contributed by atoms with E-state index in [9.17, 15) is 4.79 Å². The Labute approximate surface area is 179 Å². The molecule has 0 atom stereocenters. The molecule has 3 aromatic rings. The number of carbonyl (C=O) groups excluding carboxylic acids is 1. The molecule has 0 unspecified atom stereocenters. The summed E-state index contributed by atoms with van der Waals surface area (Å²) in [5.74, 6) is 1.85. The first-order valence-corrected chi connectivity index (χ1v) is 9.72. The predicted molar refractivity (Wildman–Crippen MR) is 114 cm³/mol. The Balaban J connectivity index is 1.64. The van der Waals surface area contributed by atoms with E-state index in [0.717, 1.165) is 11.1 Å². The Morgan fingerprint density at radius 2 is 1.83 bits per heavy atom. The maximum Gasteiger partial charge on any atom is 0.225 e. The number of aromatic nitrogens is 2. The lowest BCUT2D eigenvalue weighted by atomic mass is 10.1. The molecule has 152 valence electrons. The van der Waals surface area contributed by atoms with Gasteiger partial charge >= 0.3 is 0 Å². The van der Waals surface area contributed by atoms with Crippen LogP contribution in [0.3, 0.4) is 0 Å². The number of anilines is 1. The standard InChI is InChI=1S/C21H21Cl2N3O3/c1-28-16-10-14(11-17(12-16)29-2)6-7-20(27)25-19-8-9-24-26(19)13-15-4-3-5-18(22)21(15)23/h3-5,8-12H,6-7,13H2,1-2H3,(H,25,27). The zero-order valence-corrected chi connectivity index (χ0v) is 17.6. The van der Waals surface area contributed by atoms with Crippen molar-refractivity contribution in [3.63, 3.8) is 0 Å². The molecule has 29 heavy (non-hydrogen) atoms. The summed E-state index contributed by atoms with van der Waals surface area (Å²) in [5.41, 5.74) is 1.78. The molecule has 0 aliphatic heterocycles. The van der Waals surface area contributed by atoms with E-state index in [1.54, 1.807) is 43.3 Å². The van der Waals surface area contributed by atoms with Crippen LogP contribution in [-0.4, -0.2) is 29.9 Å². The maximum absolute atomic E-state index is 12.5. The fourth-order valence-electron chi connectivity index (χ4n) is 2.87. The second kappa shape index (κ2) is 9.67. The van der Waals surface area contributed by atoms with Crippen molar-refractivity contribution in [2.75, 3.05) is 19.5 Å². The van der Waals surface area contributed by atoms with Crippen molar-refractivity contribution in [3.05, 3.63) is 69.8 Å². The highest BCUT2D eigenvalue weighted by molar-refractivity contribution is 6.42. The number of ether oxygens (including phenoxy) is 2. The molecule has 0 bridgehead atoms. The number of rotatable bonds is 8. The molecule has 0 fully saturated rings. The highest BCUT2D eigenvalue weighted by atomic mass is 35.5. The van der Waals surface area contributed by atoms with Crippen molar-refractivity contribution in [2.45, 2.75) is 19.4 Å². The van der Waals surface area contributed by atoms with Gasteiger partial charge in [0, 0.05) is 18.6 Å². The molecule has 1 amide bonds. The van der Waals surface area contributed by atoms with Crippen molar-refractivity contribution in [3.8, 4) is 11.5 Å². The SMILES string of the molecule is COc1cc(CCC(=O)Nc2ccnn2Cc2cccc(Cl)c2Cl)cc(OC)c1. The van der Waals surface area contributed by atoms with Crippen LogP contribution in [0.2, 0.25) is 10.0 Å². The number of hydrogen-bond acceptors (Lipinski definition) is 4. The van der Waals surface area contributed by atoms with Crippen LogP contribution >= 0.6 is 23.2 Å². The Morgan fingerprint density at radius 3 is 2.52 bits per heavy atom. The van der Waals surface area contributed by atoms with Crippen molar-refractivity contribution < 1.29 is 14.3 Å². The van der Waals surface area contributed by atoms with Crippen LogP contribution in [0.25, 0.3) is 0 Å². The Bertz CT molecular complexity index is 982. The molecular formula is C21H21Cl2N3O3. The van der Waals surface area contributed by atoms with Gasteiger partial charge in [0.2, 0.25) is 5.91 Å². The van der Waals surface area contributed by atoms with Crippen LogP contribution in [0.5, 0.6) is 11.5 Å². The van der Waals surface area contributed by atoms with Gasteiger partial charge in [0.05, 0.1) is 37.0 Å². The summed E-state index contributed by atoms with van der Waals surface area (Å²) in [7, 11) is 3.19. The third-order valence-corrected chi connectivity index (χ3v) is 5.25. The number of benzene rings is 2. The fourth-order valence-corrected chi connectivity index (χ4v) is 3.25. The van der Waals surface area contributed by atoms with Gasteiger partial charge in [-0.3, -0.25) is 4.79 Å². The third kappa shape index (κ3) is 5.43. The summed E-state index contributed by atoms with van der Waals surface area (Å²) < 4.78 is 12.2. The molecule has 2 aromatic carbocycles. The van der Waals surface area contributed by atoms with Gasteiger partial charge in [-0.1, -0.05) is 35.3 Å². The largest absolute Gasteiger partial charge is 0.497 e. The molecule has 0 aliphatic rings. The van der Waals surface area contributed by atoms with E-state index in [4.69, 9.17) is 32.7 Å². The summed E-state index contributed by atoms with van der Waals surface area (Å²) in [5, 5.41) is 8.12. The van der Waals surface area contributed by atoms with Gasteiger partial charge in [0.25, 0.3) is 0 Å². The van der Waals surface area contributed by atoms with Crippen LogP contribution < -0.4 is 14.8 Å². The molecule has 0 aliphatic carbocycles. The number of carbonyl (C=O) groups is 1. The molecule has 3 rings (SSSR count). The highest BCUT2D eigenvalue weighted by Crippen LogP contribution is 2.27. The predicted octanol–water partition coefficient (Wildman–Crippen LogP) is 4.83. The van der Waals surface area contributed by atoms with Crippen molar-refractivity contribution in [1.82, 2.24) is 9.78 Å². The Hall–Kier alpha value is -2.70. The van der Waals surface area contributed by atoms with E-state index in [0.29, 0.717) is 46.7 Å². The molecule has 1 aromatic heterocycles. The second-order valence-electron chi connectivity index (χ2n) is 6.36. The monoisotopic (exact) mass is 433 g/mol. The van der Waals surface area contributed by atoms with Gasteiger partial charge in [-0.25, -0.2) is 4.68 Å². The van der Waals surface area contributed by atoms with Gasteiger partial charge in [-0.2, -0.15) is 5.10 Å². The summed E-state index contributed by atoms with van der Waals surface area (Å²) in [6.45, 7) is 0.398. The van der Waals surface area contributed by atoms with Crippen molar-refractivity contribution in [2.24, 2.45) is 0 Å². The van der Waals surface area contributed by atoms with Crippen LogP contribution in [0, 0.1) is 0 Å². The van der Waals surface area contributed by atoms with E-state index >= 15 is 0 Å². The van der Waals surface area contributed by atoms with Gasteiger partial charge < -0.3 is 14.8 Å². The number of nitrogens with one attached hydrogen (secondary N) is 1. The van der Waals surface area contributed by atoms with Crippen LogP contribution in [-0.2, 0) is 17.8 Å². The first kappa shape index (κ1) is 21.0. The summed E-state index contributed by atoms with van der Waals surface area (Å²) >= 11 is 12.3. The number of aryl methyl sites for hydroxylation is 1. The lowest BCUT2D eigenvalue weighted by molar-refractivity contribution is -0.116. The first-order chi connectivity index (χ1) is 14.0. The van der Waals surface area contributed by atoms with E-state index in [1.165, 1.54) is 0 Å². The minimum absolute atomic E-state index is 0.120. The van der Waals surface area contributed by atoms with Crippen molar-refractivity contribution in [1.29, 1.82) is 0 Å². The summed E-state index contributed by atoms with van der Waals surface area (Å²) in [6, 6.07) is 12.7. The minimum atomic E-state index is -0.120. The van der Waals surface area contributed by atoms with E-state index < -0.39 is 0 Å². The smallest absolute Gasteiger partial charge is 0.225 e. The fraction of sp³-hybridized carbons (Fsp3) is 0.238. The van der Waals surface area contributed by atoms with Gasteiger partial charge in [-0.15, -0.1) is 0 Å². The summed E-state index contributed by atoms with van der Waals surface area (Å²) in [4.78, 5) is 12.5. The average molecular weight is 434 g/mol. The molecule has 0 saturated carbocycles. The second-order valence-corrected chi connectivity index (χ2v) is 7.14.